The summed E-state index contributed by atoms with van der Waals surface area (Å²) in [5.41, 5.74) is 1.82. The zero-order valence-electron chi connectivity index (χ0n) is 11.5. The largest absolute Gasteiger partial charge is 0.496 e. The Kier molecular flexibility index (Phi) is 3.49. The van der Waals surface area contributed by atoms with Crippen molar-refractivity contribution in [3.05, 3.63) is 35.0 Å². The monoisotopic (exact) mass is 289 g/mol. The van der Waals surface area contributed by atoms with E-state index in [1.807, 2.05) is 31.3 Å². The summed E-state index contributed by atoms with van der Waals surface area (Å²) >= 11 is 6.31. The molecule has 0 bridgehead atoms. The molecule has 0 saturated heterocycles. The first kappa shape index (κ1) is 13.2. The molecule has 1 aromatic carbocycles. The number of benzene rings is 1. The van der Waals surface area contributed by atoms with Gasteiger partial charge in [-0.3, -0.25) is 0 Å². The SMILES string of the molecule is CNc1cc(C2CC2)nc(-c2c(Cl)cccc2OC)n1. The van der Waals surface area contributed by atoms with E-state index in [1.54, 1.807) is 7.11 Å². The maximum absolute atomic E-state index is 6.31. The summed E-state index contributed by atoms with van der Waals surface area (Å²) in [6, 6.07) is 7.55. The molecule has 1 saturated carbocycles. The molecule has 0 unspecified atom stereocenters. The fourth-order valence-electron chi connectivity index (χ4n) is 2.19. The molecule has 0 radical (unpaired) electrons. The molecule has 4 nitrogen and oxygen atoms in total. The number of hydrogen-bond acceptors (Lipinski definition) is 4. The van der Waals surface area contributed by atoms with E-state index in [2.05, 4.69) is 15.3 Å². The first-order valence-electron chi connectivity index (χ1n) is 6.62. The highest BCUT2D eigenvalue weighted by atomic mass is 35.5. The highest BCUT2D eigenvalue weighted by Crippen LogP contribution is 2.41. The normalized spacial score (nSPS) is 14.2. The molecule has 104 valence electrons. The van der Waals surface area contributed by atoms with Crippen molar-refractivity contribution >= 4 is 17.4 Å². The van der Waals surface area contributed by atoms with Gasteiger partial charge in [-0.15, -0.1) is 0 Å². The lowest BCUT2D eigenvalue weighted by Gasteiger charge is -2.11. The summed E-state index contributed by atoms with van der Waals surface area (Å²) in [7, 11) is 3.48. The lowest BCUT2D eigenvalue weighted by molar-refractivity contribution is 0.416. The van der Waals surface area contributed by atoms with Crippen LogP contribution in [0.5, 0.6) is 5.75 Å². The second-order valence-electron chi connectivity index (χ2n) is 4.84. The van der Waals surface area contributed by atoms with Crippen LogP contribution in [-0.2, 0) is 0 Å². The Morgan fingerprint density at radius 3 is 2.75 bits per heavy atom. The molecule has 1 aliphatic carbocycles. The predicted octanol–water partition coefficient (Wildman–Crippen LogP) is 3.72. The van der Waals surface area contributed by atoms with E-state index in [4.69, 9.17) is 16.3 Å². The summed E-state index contributed by atoms with van der Waals surface area (Å²) in [6.07, 6.45) is 2.39. The zero-order chi connectivity index (χ0) is 14.1. The van der Waals surface area contributed by atoms with Crippen LogP contribution in [0.1, 0.15) is 24.5 Å². The molecule has 1 aromatic heterocycles. The Labute approximate surface area is 123 Å². The van der Waals surface area contributed by atoms with Crippen molar-refractivity contribution in [2.75, 3.05) is 19.5 Å². The van der Waals surface area contributed by atoms with Crippen LogP contribution in [0.2, 0.25) is 5.02 Å². The van der Waals surface area contributed by atoms with Crippen LogP contribution in [0.4, 0.5) is 5.82 Å². The molecular weight excluding hydrogens is 274 g/mol. The number of nitrogens with zero attached hydrogens (tertiary/aromatic N) is 2. The lowest BCUT2D eigenvalue weighted by atomic mass is 10.1. The highest BCUT2D eigenvalue weighted by Gasteiger charge is 2.27. The second-order valence-corrected chi connectivity index (χ2v) is 5.25. The van der Waals surface area contributed by atoms with Gasteiger partial charge >= 0.3 is 0 Å². The molecule has 3 rings (SSSR count). The van der Waals surface area contributed by atoms with Crippen molar-refractivity contribution in [1.29, 1.82) is 0 Å². The smallest absolute Gasteiger partial charge is 0.167 e. The summed E-state index contributed by atoms with van der Waals surface area (Å²) in [5, 5.41) is 3.68. The van der Waals surface area contributed by atoms with E-state index in [9.17, 15) is 0 Å². The molecule has 1 aliphatic rings. The van der Waals surface area contributed by atoms with Gasteiger partial charge in [0, 0.05) is 24.7 Å². The van der Waals surface area contributed by atoms with Gasteiger partial charge in [-0.05, 0) is 25.0 Å². The Morgan fingerprint density at radius 1 is 1.30 bits per heavy atom. The number of nitrogens with one attached hydrogen (secondary N) is 1. The summed E-state index contributed by atoms with van der Waals surface area (Å²) in [5.74, 6) is 2.66. The molecule has 0 aliphatic heterocycles. The minimum Gasteiger partial charge on any atom is -0.496 e. The van der Waals surface area contributed by atoms with Gasteiger partial charge < -0.3 is 10.1 Å². The summed E-state index contributed by atoms with van der Waals surface area (Å²) in [4.78, 5) is 9.18. The Morgan fingerprint density at radius 2 is 2.10 bits per heavy atom. The van der Waals surface area contributed by atoms with Gasteiger partial charge in [0.05, 0.1) is 17.7 Å². The van der Waals surface area contributed by atoms with Crippen molar-refractivity contribution in [1.82, 2.24) is 9.97 Å². The van der Waals surface area contributed by atoms with Gasteiger partial charge in [-0.2, -0.15) is 0 Å². The lowest BCUT2D eigenvalue weighted by Crippen LogP contribution is -2.01. The number of methoxy groups -OCH3 is 1. The van der Waals surface area contributed by atoms with Crippen LogP contribution in [0.25, 0.3) is 11.4 Å². The molecule has 2 aromatic rings. The third-order valence-electron chi connectivity index (χ3n) is 3.42. The van der Waals surface area contributed by atoms with Crippen molar-refractivity contribution in [2.45, 2.75) is 18.8 Å². The van der Waals surface area contributed by atoms with Gasteiger partial charge in [0.25, 0.3) is 0 Å². The fourth-order valence-corrected chi connectivity index (χ4v) is 2.44. The molecule has 1 heterocycles. The van der Waals surface area contributed by atoms with Crippen molar-refractivity contribution < 1.29 is 4.74 Å². The average molecular weight is 290 g/mol. The standard InChI is InChI=1S/C15H16ClN3O/c1-17-13-8-11(9-6-7-9)18-15(19-13)14-10(16)4-3-5-12(14)20-2/h3-5,8-9H,6-7H2,1-2H3,(H,17,18,19). The van der Waals surface area contributed by atoms with Crippen LogP contribution in [0.3, 0.4) is 0 Å². The van der Waals surface area contributed by atoms with E-state index in [-0.39, 0.29) is 0 Å². The molecule has 1 N–H and O–H groups in total. The molecule has 0 atom stereocenters. The van der Waals surface area contributed by atoms with Gasteiger partial charge in [0.15, 0.2) is 5.82 Å². The van der Waals surface area contributed by atoms with E-state index in [0.717, 1.165) is 17.1 Å². The van der Waals surface area contributed by atoms with Crippen LogP contribution in [0, 0.1) is 0 Å². The first-order chi connectivity index (χ1) is 9.72. The van der Waals surface area contributed by atoms with Crippen LogP contribution >= 0.6 is 11.6 Å². The van der Waals surface area contributed by atoms with Gasteiger partial charge in [0.2, 0.25) is 0 Å². The molecule has 0 spiro atoms. The average Bonchev–Trinajstić information content (AvgIpc) is 3.31. The van der Waals surface area contributed by atoms with Crippen molar-refractivity contribution in [3.63, 3.8) is 0 Å². The molecular formula is C15H16ClN3O. The molecule has 5 heteroatoms. The van der Waals surface area contributed by atoms with E-state index in [1.165, 1.54) is 12.8 Å². The van der Waals surface area contributed by atoms with E-state index in [0.29, 0.717) is 22.5 Å². The minimum atomic E-state index is 0.553. The third kappa shape index (κ3) is 2.43. The second kappa shape index (κ2) is 5.29. The van der Waals surface area contributed by atoms with E-state index >= 15 is 0 Å². The maximum atomic E-state index is 6.31. The number of rotatable bonds is 4. The highest BCUT2D eigenvalue weighted by molar-refractivity contribution is 6.33. The Hall–Kier alpha value is -1.81. The predicted molar refractivity (Wildman–Crippen MR) is 80.6 cm³/mol. The van der Waals surface area contributed by atoms with Crippen LogP contribution in [-0.4, -0.2) is 24.1 Å². The van der Waals surface area contributed by atoms with Gasteiger partial charge in [-0.25, -0.2) is 9.97 Å². The quantitative estimate of drug-likeness (QED) is 0.932. The first-order valence-corrected chi connectivity index (χ1v) is 7.00. The van der Waals surface area contributed by atoms with Crippen molar-refractivity contribution in [3.8, 4) is 17.1 Å². The van der Waals surface area contributed by atoms with Gasteiger partial charge in [-0.1, -0.05) is 17.7 Å². The minimum absolute atomic E-state index is 0.553. The number of halogens is 1. The van der Waals surface area contributed by atoms with Gasteiger partial charge in [0.1, 0.15) is 11.6 Å². The van der Waals surface area contributed by atoms with E-state index < -0.39 is 0 Å². The van der Waals surface area contributed by atoms with Crippen LogP contribution in [0.15, 0.2) is 24.3 Å². The Bertz CT molecular complexity index is 641. The zero-order valence-corrected chi connectivity index (χ0v) is 12.2. The fraction of sp³-hybridized carbons (Fsp3) is 0.333. The number of ether oxygens (including phenoxy) is 1. The number of hydrogen-bond donors (Lipinski definition) is 1. The van der Waals surface area contributed by atoms with Crippen molar-refractivity contribution in [2.24, 2.45) is 0 Å². The molecule has 1 fully saturated rings. The molecule has 0 amide bonds. The molecule has 20 heavy (non-hydrogen) atoms. The summed E-state index contributed by atoms with van der Waals surface area (Å²) in [6.45, 7) is 0. The Balaban J connectivity index is 2.16. The number of anilines is 1. The summed E-state index contributed by atoms with van der Waals surface area (Å²) < 4.78 is 5.39. The number of aromatic nitrogens is 2. The van der Waals surface area contributed by atoms with Crippen LogP contribution < -0.4 is 10.1 Å². The third-order valence-corrected chi connectivity index (χ3v) is 3.73. The maximum Gasteiger partial charge on any atom is 0.167 e. The topological polar surface area (TPSA) is 47.0 Å².